The highest BCUT2D eigenvalue weighted by Gasteiger charge is 2.36. The third kappa shape index (κ3) is 3.37. The first-order chi connectivity index (χ1) is 15.1. The van der Waals surface area contributed by atoms with Crippen LogP contribution in [0.5, 0.6) is 23.0 Å². The van der Waals surface area contributed by atoms with Crippen LogP contribution in [0, 0.1) is 0 Å². The van der Waals surface area contributed by atoms with Crippen molar-refractivity contribution in [2.24, 2.45) is 0 Å². The minimum Gasteiger partial charge on any atom is -0.457 e. The van der Waals surface area contributed by atoms with Crippen molar-refractivity contribution in [2.75, 3.05) is 0 Å². The van der Waals surface area contributed by atoms with E-state index in [1.54, 1.807) is 54.6 Å². The van der Waals surface area contributed by atoms with Gasteiger partial charge in [-0.3, -0.25) is 9.59 Å². The fraction of sp³-hybridized carbons (Fsp3) is 0. The molecule has 0 bridgehead atoms. The number of carbonyl (C=O) groups is 2. The SMILES string of the molecule is O=C1c2ccc(Cl)c(Oc3ccccc3)c2C(=O)c2cccc(Oc3ccccc3)c21. The van der Waals surface area contributed by atoms with Crippen LogP contribution in [0.3, 0.4) is 0 Å². The summed E-state index contributed by atoms with van der Waals surface area (Å²) >= 11 is 6.38. The maximum absolute atomic E-state index is 13.5. The van der Waals surface area contributed by atoms with Crippen molar-refractivity contribution in [3.63, 3.8) is 0 Å². The quantitative estimate of drug-likeness (QED) is 0.321. The van der Waals surface area contributed by atoms with Gasteiger partial charge in [-0.05, 0) is 42.5 Å². The van der Waals surface area contributed by atoms with Crippen LogP contribution in [0.1, 0.15) is 31.8 Å². The van der Waals surface area contributed by atoms with E-state index in [-0.39, 0.29) is 44.6 Å². The van der Waals surface area contributed by atoms with E-state index in [0.717, 1.165) is 0 Å². The first kappa shape index (κ1) is 19.1. The van der Waals surface area contributed by atoms with E-state index in [2.05, 4.69) is 0 Å². The smallest absolute Gasteiger partial charge is 0.198 e. The molecule has 4 aromatic rings. The first-order valence-corrected chi connectivity index (χ1v) is 10.0. The van der Waals surface area contributed by atoms with Gasteiger partial charge in [-0.15, -0.1) is 0 Å². The molecule has 0 spiro atoms. The highest BCUT2D eigenvalue weighted by atomic mass is 35.5. The Morgan fingerprint density at radius 3 is 1.81 bits per heavy atom. The number of halogens is 1. The maximum Gasteiger partial charge on any atom is 0.198 e. The maximum atomic E-state index is 13.5. The van der Waals surface area contributed by atoms with Crippen molar-refractivity contribution in [1.29, 1.82) is 0 Å². The number of ether oxygens (including phenoxy) is 2. The Hall–Kier alpha value is -3.89. The molecular weight excluding hydrogens is 412 g/mol. The lowest BCUT2D eigenvalue weighted by Crippen LogP contribution is -2.22. The van der Waals surface area contributed by atoms with Gasteiger partial charge in [0.1, 0.15) is 17.2 Å². The van der Waals surface area contributed by atoms with Crippen molar-refractivity contribution in [2.45, 2.75) is 0 Å². The van der Waals surface area contributed by atoms with Gasteiger partial charge in [-0.1, -0.05) is 60.1 Å². The second-order valence-corrected chi connectivity index (χ2v) is 7.37. The second kappa shape index (κ2) is 7.74. The van der Waals surface area contributed by atoms with Gasteiger partial charge >= 0.3 is 0 Å². The van der Waals surface area contributed by atoms with Crippen LogP contribution in [-0.2, 0) is 0 Å². The van der Waals surface area contributed by atoms with Crippen LogP contribution in [0.15, 0.2) is 91.0 Å². The molecule has 4 aromatic carbocycles. The zero-order valence-electron chi connectivity index (χ0n) is 16.2. The summed E-state index contributed by atoms with van der Waals surface area (Å²) in [7, 11) is 0. The number of hydrogen-bond donors (Lipinski definition) is 0. The minimum atomic E-state index is -0.337. The van der Waals surface area contributed by atoms with Crippen molar-refractivity contribution in [1.82, 2.24) is 0 Å². The number of hydrogen-bond acceptors (Lipinski definition) is 4. The van der Waals surface area contributed by atoms with E-state index >= 15 is 0 Å². The molecule has 4 nitrogen and oxygen atoms in total. The Balaban J connectivity index is 1.63. The molecule has 5 heteroatoms. The second-order valence-electron chi connectivity index (χ2n) is 6.97. The highest BCUT2D eigenvalue weighted by molar-refractivity contribution is 6.36. The highest BCUT2D eigenvalue weighted by Crippen LogP contribution is 2.42. The van der Waals surface area contributed by atoms with E-state index in [1.807, 2.05) is 36.4 Å². The Bertz CT molecular complexity index is 1310. The van der Waals surface area contributed by atoms with E-state index in [4.69, 9.17) is 21.1 Å². The predicted octanol–water partition coefficient (Wildman–Crippen LogP) is 6.70. The van der Waals surface area contributed by atoms with Gasteiger partial charge in [0.05, 0.1) is 16.1 Å². The number of carbonyl (C=O) groups excluding carboxylic acids is 2. The average molecular weight is 427 g/mol. The topological polar surface area (TPSA) is 52.6 Å². The molecule has 0 heterocycles. The van der Waals surface area contributed by atoms with Crippen LogP contribution < -0.4 is 9.47 Å². The molecular formula is C26H15ClO4. The molecule has 31 heavy (non-hydrogen) atoms. The van der Waals surface area contributed by atoms with Gasteiger partial charge in [-0.2, -0.15) is 0 Å². The van der Waals surface area contributed by atoms with Crippen LogP contribution in [0.25, 0.3) is 0 Å². The number of ketones is 2. The van der Waals surface area contributed by atoms with E-state index in [0.29, 0.717) is 17.2 Å². The van der Waals surface area contributed by atoms with Gasteiger partial charge in [0.25, 0.3) is 0 Å². The zero-order chi connectivity index (χ0) is 21.4. The molecule has 5 rings (SSSR count). The number of rotatable bonds is 4. The summed E-state index contributed by atoms with van der Waals surface area (Å²) in [5.74, 6) is 0.940. The van der Waals surface area contributed by atoms with Gasteiger partial charge in [0.2, 0.25) is 0 Å². The monoisotopic (exact) mass is 426 g/mol. The fourth-order valence-electron chi connectivity index (χ4n) is 3.60. The normalized spacial score (nSPS) is 12.2. The molecule has 0 aromatic heterocycles. The standard InChI is InChI=1S/C26H15ClO4/c27-20-15-14-19-23(26(20)31-17-10-5-2-6-11-17)25(29)18-12-7-13-21(22(18)24(19)28)30-16-8-3-1-4-9-16/h1-15H. The Morgan fingerprint density at radius 2 is 1.13 bits per heavy atom. The van der Waals surface area contributed by atoms with Crippen LogP contribution >= 0.6 is 11.6 Å². The molecule has 1 aliphatic carbocycles. The van der Waals surface area contributed by atoms with Crippen LogP contribution in [0.4, 0.5) is 0 Å². The molecule has 0 N–H and O–H groups in total. The van der Waals surface area contributed by atoms with Crippen molar-refractivity contribution < 1.29 is 19.1 Å². The zero-order valence-corrected chi connectivity index (χ0v) is 16.9. The minimum absolute atomic E-state index is 0.158. The summed E-state index contributed by atoms with van der Waals surface area (Å²) in [5, 5.41) is 0.254. The van der Waals surface area contributed by atoms with Gasteiger partial charge < -0.3 is 9.47 Å². The molecule has 0 unspecified atom stereocenters. The lowest BCUT2D eigenvalue weighted by atomic mass is 9.83. The largest absolute Gasteiger partial charge is 0.457 e. The Morgan fingerprint density at radius 1 is 0.548 bits per heavy atom. The summed E-state index contributed by atoms with van der Waals surface area (Å²) in [6, 6.07) is 26.2. The molecule has 0 atom stereocenters. The molecule has 150 valence electrons. The Kier molecular flexibility index (Phi) is 4.77. The summed E-state index contributed by atoms with van der Waals surface area (Å²) < 4.78 is 11.9. The summed E-state index contributed by atoms with van der Waals surface area (Å²) in [6.45, 7) is 0. The van der Waals surface area contributed by atoms with Crippen molar-refractivity contribution in [3.05, 3.63) is 118 Å². The lowest BCUT2D eigenvalue weighted by molar-refractivity contribution is 0.0975. The van der Waals surface area contributed by atoms with E-state index < -0.39 is 0 Å². The molecule has 0 saturated carbocycles. The van der Waals surface area contributed by atoms with Crippen LogP contribution in [-0.4, -0.2) is 11.6 Å². The van der Waals surface area contributed by atoms with Crippen molar-refractivity contribution in [3.8, 4) is 23.0 Å². The Labute approximate surface area is 183 Å². The van der Waals surface area contributed by atoms with Gasteiger partial charge in [-0.25, -0.2) is 0 Å². The molecule has 0 fully saturated rings. The number of benzene rings is 4. The summed E-state index contributed by atoms with van der Waals surface area (Å²) in [4.78, 5) is 26.9. The van der Waals surface area contributed by atoms with Gasteiger partial charge in [0, 0.05) is 11.1 Å². The number of fused-ring (bicyclic) bond motifs is 2. The number of para-hydroxylation sites is 2. The molecule has 1 aliphatic rings. The fourth-order valence-corrected chi connectivity index (χ4v) is 3.80. The van der Waals surface area contributed by atoms with Crippen LogP contribution in [0.2, 0.25) is 5.02 Å². The molecule has 0 radical (unpaired) electrons. The molecule has 0 amide bonds. The predicted molar refractivity (Wildman–Crippen MR) is 118 cm³/mol. The van der Waals surface area contributed by atoms with Crippen molar-refractivity contribution >= 4 is 23.2 Å². The third-order valence-electron chi connectivity index (χ3n) is 5.01. The van der Waals surface area contributed by atoms with Gasteiger partial charge in [0.15, 0.2) is 17.3 Å². The lowest BCUT2D eigenvalue weighted by Gasteiger charge is -2.22. The summed E-state index contributed by atoms with van der Waals surface area (Å²) in [5.41, 5.74) is 0.880. The first-order valence-electron chi connectivity index (χ1n) is 9.64. The molecule has 0 aliphatic heterocycles. The third-order valence-corrected chi connectivity index (χ3v) is 5.31. The average Bonchev–Trinajstić information content (AvgIpc) is 2.80. The van der Waals surface area contributed by atoms with E-state index in [9.17, 15) is 9.59 Å². The molecule has 0 saturated heterocycles. The summed E-state index contributed by atoms with van der Waals surface area (Å²) in [6.07, 6.45) is 0. The van der Waals surface area contributed by atoms with E-state index in [1.165, 1.54) is 0 Å².